The van der Waals surface area contributed by atoms with E-state index in [1.807, 2.05) is 37.3 Å². The van der Waals surface area contributed by atoms with Crippen molar-refractivity contribution < 1.29 is 9.53 Å². The van der Waals surface area contributed by atoms with Gasteiger partial charge < -0.3 is 15.8 Å². The zero-order valence-electron chi connectivity index (χ0n) is 11.2. The molecule has 4 nitrogen and oxygen atoms in total. The maximum atomic E-state index is 10.7. The molecule has 1 amide bonds. The highest BCUT2D eigenvalue weighted by Gasteiger charge is 2.05. The first-order chi connectivity index (χ1) is 9.54. The predicted octanol–water partition coefficient (Wildman–Crippen LogP) is 2.44. The van der Waals surface area contributed by atoms with E-state index >= 15 is 0 Å². The predicted molar refractivity (Wildman–Crippen MR) is 83.8 cm³/mol. The standard InChI is InChI=1S/C15H17BrN2O2/c1-10(18-8-15(17)19)9-20-14-5-3-11-6-13(16)4-2-12(11)7-14/h2-7,10,18H,8-9H2,1H3,(H2,17,19). The lowest BCUT2D eigenvalue weighted by atomic mass is 10.1. The summed E-state index contributed by atoms with van der Waals surface area (Å²) in [6, 6.07) is 12.1. The van der Waals surface area contributed by atoms with Crippen LogP contribution in [-0.4, -0.2) is 25.1 Å². The quantitative estimate of drug-likeness (QED) is 0.851. The highest BCUT2D eigenvalue weighted by atomic mass is 79.9. The van der Waals surface area contributed by atoms with Crippen molar-refractivity contribution in [2.24, 2.45) is 5.73 Å². The van der Waals surface area contributed by atoms with E-state index in [1.165, 1.54) is 0 Å². The van der Waals surface area contributed by atoms with Gasteiger partial charge >= 0.3 is 0 Å². The summed E-state index contributed by atoms with van der Waals surface area (Å²) in [5.74, 6) is 0.445. The summed E-state index contributed by atoms with van der Waals surface area (Å²) >= 11 is 3.45. The summed E-state index contributed by atoms with van der Waals surface area (Å²) in [6.07, 6.45) is 0. The average Bonchev–Trinajstić information content (AvgIpc) is 2.42. The third kappa shape index (κ3) is 4.21. The van der Waals surface area contributed by atoms with Gasteiger partial charge in [-0.25, -0.2) is 0 Å². The van der Waals surface area contributed by atoms with E-state index in [9.17, 15) is 4.79 Å². The molecule has 2 aromatic carbocycles. The van der Waals surface area contributed by atoms with Gasteiger partial charge in [0.1, 0.15) is 12.4 Å². The molecule has 0 spiro atoms. The lowest BCUT2D eigenvalue weighted by Crippen LogP contribution is -2.38. The van der Waals surface area contributed by atoms with E-state index in [4.69, 9.17) is 10.5 Å². The molecule has 20 heavy (non-hydrogen) atoms. The number of nitrogens with one attached hydrogen (secondary N) is 1. The van der Waals surface area contributed by atoms with Crippen molar-refractivity contribution in [3.8, 4) is 5.75 Å². The molecule has 3 N–H and O–H groups in total. The summed E-state index contributed by atoms with van der Waals surface area (Å²) in [6.45, 7) is 2.59. The Morgan fingerprint density at radius 1 is 1.30 bits per heavy atom. The Labute approximate surface area is 126 Å². The SMILES string of the molecule is CC(COc1ccc2cc(Br)ccc2c1)NCC(N)=O. The second kappa shape index (κ2) is 6.72. The molecule has 0 radical (unpaired) electrons. The number of rotatable bonds is 6. The molecule has 2 aromatic rings. The minimum Gasteiger partial charge on any atom is -0.492 e. The monoisotopic (exact) mass is 336 g/mol. The minimum absolute atomic E-state index is 0.0584. The van der Waals surface area contributed by atoms with Gasteiger partial charge in [-0.15, -0.1) is 0 Å². The van der Waals surface area contributed by atoms with Gasteiger partial charge in [-0.1, -0.05) is 28.1 Å². The zero-order valence-corrected chi connectivity index (χ0v) is 12.8. The minimum atomic E-state index is -0.367. The number of ether oxygens (including phenoxy) is 1. The van der Waals surface area contributed by atoms with Crippen LogP contribution in [0.1, 0.15) is 6.92 Å². The van der Waals surface area contributed by atoms with Gasteiger partial charge in [0.15, 0.2) is 0 Å². The fourth-order valence-corrected chi connectivity index (χ4v) is 2.22. The van der Waals surface area contributed by atoms with Crippen molar-refractivity contribution in [1.82, 2.24) is 5.32 Å². The Hall–Kier alpha value is -1.59. The average molecular weight is 337 g/mol. The molecule has 2 rings (SSSR count). The van der Waals surface area contributed by atoms with Gasteiger partial charge in [-0.05, 0) is 42.0 Å². The molecular weight excluding hydrogens is 320 g/mol. The summed E-state index contributed by atoms with van der Waals surface area (Å²) in [4.78, 5) is 10.7. The van der Waals surface area contributed by atoms with Crippen molar-refractivity contribution >= 4 is 32.6 Å². The van der Waals surface area contributed by atoms with Gasteiger partial charge in [0.05, 0.1) is 6.54 Å². The van der Waals surface area contributed by atoms with E-state index in [-0.39, 0.29) is 18.5 Å². The molecule has 106 valence electrons. The number of carbonyl (C=O) groups excluding carboxylic acids is 1. The van der Waals surface area contributed by atoms with E-state index in [1.54, 1.807) is 0 Å². The molecule has 0 fully saturated rings. The summed E-state index contributed by atoms with van der Waals surface area (Å²) in [7, 11) is 0. The number of carbonyl (C=O) groups is 1. The Balaban J connectivity index is 1.96. The number of benzene rings is 2. The van der Waals surface area contributed by atoms with Crippen LogP contribution in [0.4, 0.5) is 0 Å². The van der Waals surface area contributed by atoms with Crippen molar-refractivity contribution in [2.75, 3.05) is 13.2 Å². The van der Waals surface area contributed by atoms with Gasteiger partial charge in [0, 0.05) is 10.5 Å². The maximum Gasteiger partial charge on any atom is 0.231 e. The molecule has 1 atom stereocenters. The lowest BCUT2D eigenvalue weighted by molar-refractivity contribution is -0.117. The van der Waals surface area contributed by atoms with Gasteiger partial charge in [-0.3, -0.25) is 4.79 Å². The summed E-state index contributed by atoms with van der Waals surface area (Å²) in [5, 5.41) is 5.28. The van der Waals surface area contributed by atoms with E-state index < -0.39 is 0 Å². The molecule has 0 bridgehead atoms. The molecule has 0 aromatic heterocycles. The van der Waals surface area contributed by atoms with E-state index in [0.29, 0.717) is 6.61 Å². The Morgan fingerprint density at radius 3 is 2.75 bits per heavy atom. The molecule has 5 heteroatoms. The topological polar surface area (TPSA) is 64.3 Å². The van der Waals surface area contributed by atoms with E-state index in [0.717, 1.165) is 21.0 Å². The van der Waals surface area contributed by atoms with Crippen LogP contribution in [0.5, 0.6) is 5.75 Å². The summed E-state index contributed by atoms with van der Waals surface area (Å²) in [5.41, 5.74) is 5.08. The Bertz CT molecular complexity index is 616. The number of hydrogen-bond donors (Lipinski definition) is 2. The van der Waals surface area contributed by atoms with Crippen molar-refractivity contribution in [1.29, 1.82) is 0 Å². The summed E-state index contributed by atoms with van der Waals surface area (Å²) < 4.78 is 6.77. The molecule has 0 aliphatic carbocycles. The Kier molecular flexibility index (Phi) is 4.98. The molecular formula is C15H17BrN2O2. The van der Waals surface area contributed by atoms with Crippen molar-refractivity contribution in [3.05, 3.63) is 40.9 Å². The number of primary amides is 1. The first-order valence-electron chi connectivity index (χ1n) is 6.38. The van der Waals surface area contributed by atoms with Crippen LogP contribution in [-0.2, 0) is 4.79 Å². The molecule has 0 aliphatic rings. The number of amides is 1. The van der Waals surface area contributed by atoms with Crippen molar-refractivity contribution in [2.45, 2.75) is 13.0 Å². The molecule has 0 saturated heterocycles. The van der Waals surface area contributed by atoms with Gasteiger partial charge in [0.2, 0.25) is 5.91 Å². The number of hydrogen-bond acceptors (Lipinski definition) is 3. The third-order valence-electron chi connectivity index (χ3n) is 2.90. The van der Waals surface area contributed by atoms with Gasteiger partial charge in [0.25, 0.3) is 0 Å². The third-order valence-corrected chi connectivity index (χ3v) is 3.39. The van der Waals surface area contributed by atoms with Crippen LogP contribution in [0, 0.1) is 0 Å². The number of halogens is 1. The molecule has 0 aliphatic heterocycles. The van der Waals surface area contributed by atoms with Crippen LogP contribution in [0.3, 0.4) is 0 Å². The lowest BCUT2D eigenvalue weighted by Gasteiger charge is -2.14. The highest BCUT2D eigenvalue weighted by molar-refractivity contribution is 9.10. The molecule has 0 saturated carbocycles. The van der Waals surface area contributed by atoms with Crippen molar-refractivity contribution in [3.63, 3.8) is 0 Å². The van der Waals surface area contributed by atoms with Crippen LogP contribution in [0.25, 0.3) is 10.8 Å². The molecule has 1 unspecified atom stereocenters. The van der Waals surface area contributed by atoms with Crippen LogP contribution >= 0.6 is 15.9 Å². The van der Waals surface area contributed by atoms with Crippen LogP contribution in [0.15, 0.2) is 40.9 Å². The largest absolute Gasteiger partial charge is 0.492 e. The van der Waals surface area contributed by atoms with Crippen LogP contribution < -0.4 is 15.8 Å². The number of fused-ring (bicyclic) bond motifs is 1. The highest BCUT2D eigenvalue weighted by Crippen LogP contribution is 2.24. The fraction of sp³-hybridized carbons (Fsp3) is 0.267. The maximum absolute atomic E-state index is 10.7. The van der Waals surface area contributed by atoms with Gasteiger partial charge in [-0.2, -0.15) is 0 Å². The molecule has 0 heterocycles. The second-order valence-corrected chi connectivity index (χ2v) is 5.63. The fourth-order valence-electron chi connectivity index (χ4n) is 1.84. The normalized spacial score (nSPS) is 12.3. The first-order valence-corrected chi connectivity index (χ1v) is 7.18. The second-order valence-electron chi connectivity index (χ2n) is 4.71. The zero-order chi connectivity index (χ0) is 14.5. The van der Waals surface area contributed by atoms with Crippen LogP contribution in [0.2, 0.25) is 0 Å². The Morgan fingerprint density at radius 2 is 2.00 bits per heavy atom. The first kappa shape index (κ1) is 14.8. The number of nitrogens with two attached hydrogens (primary N) is 1. The smallest absolute Gasteiger partial charge is 0.231 e. The van der Waals surface area contributed by atoms with E-state index in [2.05, 4.69) is 27.3 Å².